The molecule has 1 amide bonds. The number of hydrogen-bond acceptors (Lipinski definition) is 7. The van der Waals surface area contributed by atoms with Crippen LogP contribution in [-0.2, 0) is 42.5 Å². The highest BCUT2D eigenvalue weighted by Crippen LogP contribution is 2.44. The maximum absolute atomic E-state index is 13.8. The molecule has 2 heterocycles. The van der Waals surface area contributed by atoms with Crippen LogP contribution in [0.1, 0.15) is 42.4 Å². The number of carbonyl (C=O) groups is 4. The van der Waals surface area contributed by atoms with Gasteiger partial charge in [0.1, 0.15) is 5.82 Å². The van der Waals surface area contributed by atoms with Crippen molar-refractivity contribution in [3.05, 3.63) is 70.0 Å². The largest absolute Gasteiger partial charge is 0.481 e. The maximum atomic E-state index is 13.8. The van der Waals surface area contributed by atoms with Gasteiger partial charge in [0.2, 0.25) is 5.91 Å². The first-order chi connectivity index (χ1) is 20.2. The van der Waals surface area contributed by atoms with E-state index in [-0.39, 0.29) is 17.6 Å². The molecule has 1 unspecified atom stereocenters. The van der Waals surface area contributed by atoms with Crippen LogP contribution in [0.25, 0.3) is 0 Å². The lowest BCUT2D eigenvalue weighted by Gasteiger charge is -2.40. The first-order valence-corrected chi connectivity index (χ1v) is 14.0. The Morgan fingerprint density at radius 1 is 1.05 bits per heavy atom. The molecule has 1 saturated heterocycles. The van der Waals surface area contributed by atoms with Gasteiger partial charge >= 0.3 is 17.9 Å². The third-order valence-corrected chi connectivity index (χ3v) is 8.08. The Kier molecular flexibility index (Phi) is 11.2. The molecule has 0 aliphatic carbocycles. The molecule has 0 bridgehead atoms. The molecule has 11 nitrogen and oxygen atoms in total. The third kappa shape index (κ3) is 8.73. The monoisotopic (exact) mass is 622 g/mol. The van der Waals surface area contributed by atoms with E-state index < -0.39 is 42.0 Å². The molecule has 2 aliphatic heterocycles. The lowest BCUT2D eigenvalue weighted by molar-refractivity contribution is -0.170. The molecule has 1 fully saturated rings. The Labute approximate surface area is 253 Å². The van der Waals surface area contributed by atoms with E-state index in [0.717, 1.165) is 42.6 Å². The van der Waals surface area contributed by atoms with Crippen molar-refractivity contribution in [1.29, 1.82) is 0 Å². The fourth-order valence-electron chi connectivity index (χ4n) is 5.45. The molecule has 1 atom stereocenters. The molecule has 0 saturated carbocycles. The average Bonchev–Trinajstić information content (AvgIpc) is 3.26. The van der Waals surface area contributed by atoms with E-state index >= 15 is 0 Å². The van der Waals surface area contributed by atoms with Crippen molar-refractivity contribution in [3.8, 4) is 0 Å². The van der Waals surface area contributed by atoms with Crippen LogP contribution in [0.4, 0.5) is 4.39 Å². The van der Waals surface area contributed by atoms with E-state index in [4.69, 9.17) is 36.8 Å². The molecule has 4 rings (SSSR count). The quantitative estimate of drug-likeness (QED) is 0.309. The second-order valence-electron chi connectivity index (χ2n) is 11.1. The van der Waals surface area contributed by atoms with E-state index in [1.165, 1.54) is 6.07 Å². The van der Waals surface area contributed by atoms with Crippen molar-refractivity contribution in [1.82, 2.24) is 9.80 Å². The van der Waals surface area contributed by atoms with Crippen molar-refractivity contribution in [3.63, 3.8) is 0 Å². The second-order valence-corrected chi connectivity index (χ2v) is 11.5. The average molecular weight is 623 g/mol. The van der Waals surface area contributed by atoms with Gasteiger partial charge in [-0.1, -0.05) is 35.9 Å². The zero-order valence-corrected chi connectivity index (χ0v) is 24.7. The number of benzene rings is 2. The Morgan fingerprint density at radius 2 is 1.65 bits per heavy atom. The maximum Gasteiger partial charge on any atom is 0.336 e. The summed E-state index contributed by atoms with van der Waals surface area (Å²) in [6, 6.07) is 12.7. The number of aliphatic hydroxyl groups is 1. The summed E-state index contributed by atoms with van der Waals surface area (Å²) in [4.78, 5) is 47.3. The Hall–Kier alpha value is -3.58. The fourth-order valence-corrected chi connectivity index (χ4v) is 5.67. The zero-order valence-electron chi connectivity index (χ0n) is 24.0. The number of rotatable bonds is 10. The number of carbonyl (C=O) groups excluding carboxylic acids is 1. The van der Waals surface area contributed by atoms with Gasteiger partial charge in [-0.2, -0.15) is 0 Å². The van der Waals surface area contributed by atoms with Gasteiger partial charge in [0.25, 0.3) is 0 Å². The Balaban J connectivity index is 0.000000331. The first kappa shape index (κ1) is 33.9. The molecule has 0 aromatic heterocycles. The number of halogens is 2. The number of likely N-dealkylation sites (tertiary alicyclic amines) is 1. The number of ether oxygens (including phenoxy) is 1. The molecule has 43 heavy (non-hydrogen) atoms. The van der Waals surface area contributed by atoms with Gasteiger partial charge in [0.15, 0.2) is 5.60 Å². The van der Waals surface area contributed by atoms with Crippen LogP contribution < -0.4 is 0 Å². The summed E-state index contributed by atoms with van der Waals surface area (Å²) < 4.78 is 20.0. The molecule has 13 heteroatoms. The number of carboxylic acid groups (broad SMARTS) is 3. The molecular weight excluding hydrogens is 587 g/mol. The van der Waals surface area contributed by atoms with Gasteiger partial charge in [-0.3, -0.25) is 14.4 Å². The summed E-state index contributed by atoms with van der Waals surface area (Å²) in [5, 5.41) is 34.5. The molecular formula is C30H36ClFN2O9. The molecule has 2 aromatic rings. The highest BCUT2D eigenvalue weighted by Gasteiger charge is 2.43. The van der Waals surface area contributed by atoms with Gasteiger partial charge in [-0.05, 0) is 54.2 Å². The normalized spacial score (nSPS) is 16.5. The summed E-state index contributed by atoms with van der Waals surface area (Å²) >= 11 is 6.35. The van der Waals surface area contributed by atoms with Crippen LogP contribution in [0.15, 0.2) is 42.5 Å². The van der Waals surface area contributed by atoms with Crippen LogP contribution in [0.5, 0.6) is 0 Å². The van der Waals surface area contributed by atoms with Gasteiger partial charge < -0.3 is 35.0 Å². The zero-order chi connectivity index (χ0) is 31.9. The summed E-state index contributed by atoms with van der Waals surface area (Å²) in [6.45, 7) is 2.85. The minimum Gasteiger partial charge on any atom is -0.481 e. The van der Waals surface area contributed by atoms with Crippen LogP contribution in [0.2, 0.25) is 5.02 Å². The van der Waals surface area contributed by atoms with Gasteiger partial charge in [-0.25, -0.2) is 9.18 Å². The smallest absolute Gasteiger partial charge is 0.336 e. The highest BCUT2D eigenvalue weighted by molar-refractivity contribution is 6.31. The van der Waals surface area contributed by atoms with Crippen molar-refractivity contribution in [2.45, 2.75) is 49.9 Å². The summed E-state index contributed by atoms with van der Waals surface area (Å²) in [6.07, 6.45) is -0.0665. The number of aliphatic carboxylic acids is 3. The molecule has 1 spiro atoms. The van der Waals surface area contributed by atoms with E-state index in [2.05, 4.69) is 4.90 Å². The summed E-state index contributed by atoms with van der Waals surface area (Å²) in [7, 11) is 3.59. The van der Waals surface area contributed by atoms with Crippen molar-refractivity contribution in [2.24, 2.45) is 5.92 Å². The molecule has 2 aliphatic rings. The lowest BCUT2D eigenvalue weighted by atomic mass is 9.83. The predicted molar refractivity (Wildman–Crippen MR) is 153 cm³/mol. The van der Waals surface area contributed by atoms with Crippen LogP contribution in [-0.4, -0.2) is 93.4 Å². The Bertz CT molecular complexity index is 1330. The van der Waals surface area contributed by atoms with Crippen LogP contribution in [0, 0.1) is 11.7 Å². The standard InChI is InChI=1S/C24H28ClFN2O2.C6H8O7/c1-27(2)23(29)19(13-17-5-3-4-6-22(17)25)15-28-11-9-24(10-12-28)21-14-20(26)8-7-18(21)16-30-24;7-3(8)1-6(13,5(11)12)2-4(9)10/h3-8,14,19H,9-13,15-16H2,1-2H3;13H,1-2H2,(H,7,8)(H,9,10)(H,11,12). The van der Waals surface area contributed by atoms with E-state index in [1.807, 2.05) is 30.3 Å². The number of piperidine rings is 1. The van der Waals surface area contributed by atoms with Gasteiger partial charge in [-0.15, -0.1) is 0 Å². The van der Waals surface area contributed by atoms with E-state index in [9.17, 15) is 23.6 Å². The minimum absolute atomic E-state index is 0.111. The number of hydrogen-bond donors (Lipinski definition) is 4. The lowest BCUT2D eigenvalue weighted by Crippen LogP contribution is -2.46. The summed E-state index contributed by atoms with van der Waals surface area (Å²) in [5.74, 6) is -5.28. The molecule has 0 radical (unpaired) electrons. The van der Waals surface area contributed by atoms with Crippen molar-refractivity contribution in [2.75, 3.05) is 33.7 Å². The second kappa shape index (κ2) is 14.3. The number of fused-ring (bicyclic) bond motifs is 2. The SMILES string of the molecule is CN(C)C(=O)C(Cc1ccccc1Cl)CN1CCC2(CC1)OCc1ccc(F)cc12.O=C(O)CC(O)(CC(=O)O)C(=O)O. The summed E-state index contributed by atoms with van der Waals surface area (Å²) in [5.41, 5.74) is -0.0465. The topological polar surface area (TPSA) is 165 Å². The molecule has 2 aromatic carbocycles. The minimum atomic E-state index is -2.74. The molecule has 4 N–H and O–H groups in total. The number of nitrogens with zero attached hydrogens (tertiary/aromatic N) is 2. The number of carboxylic acids is 3. The van der Waals surface area contributed by atoms with Crippen LogP contribution in [0.3, 0.4) is 0 Å². The van der Waals surface area contributed by atoms with Crippen molar-refractivity contribution >= 4 is 35.4 Å². The van der Waals surface area contributed by atoms with Crippen molar-refractivity contribution < 1.29 is 48.7 Å². The predicted octanol–water partition coefficient (Wildman–Crippen LogP) is 3.00. The fraction of sp³-hybridized carbons (Fsp3) is 0.467. The van der Waals surface area contributed by atoms with Gasteiger partial charge in [0.05, 0.1) is 31.0 Å². The van der Waals surface area contributed by atoms with Gasteiger partial charge in [0, 0.05) is 38.8 Å². The Morgan fingerprint density at radius 3 is 2.19 bits per heavy atom. The highest BCUT2D eigenvalue weighted by atomic mass is 35.5. The third-order valence-electron chi connectivity index (χ3n) is 7.71. The van der Waals surface area contributed by atoms with Crippen LogP contribution >= 0.6 is 11.6 Å². The van der Waals surface area contributed by atoms with E-state index in [1.54, 1.807) is 25.1 Å². The first-order valence-electron chi connectivity index (χ1n) is 13.6. The molecule has 234 valence electrons. The number of amides is 1. The van der Waals surface area contributed by atoms with E-state index in [0.29, 0.717) is 24.6 Å².